The molecule has 0 radical (unpaired) electrons. The molecule has 14 heavy (non-hydrogen) atoms. The number of hydrogen-bond acceptors (Lipinski definition) is 5. The maximum atomic E-state index is 10.4. The van der Waals surface area contributed by atoms with Gasteiger partial charge in [-0.1, -0.05) is 0 Å². The third-order valence-corrected chi connectivity index (χ3v) is 1.79. The minimum atomic E-state index is -0.999. The Morgan fingerprint density at radius 1 is 1.50 bits per heavy atom. The molecule has 1 rings (SSSR count). The zero-order valence-corrected chi connectivity index (χ0v) is 7.55. The molecule has 1 atom stereocenters. The first kappa shape index (κ1) is 10.4. The van der Waals surface area contributed by atoms with Crippen molar-refractivity contribution < 1.29 is 9.90 Å². The van der Waals surface area contributed by atoms with E-state index in [2.05, 4.69) is 9.97 Å². The summed E-state index contributed by atoms with van der Waals surface area (Å²) in [4.78, 5) is 18.0. The summed E-state index contributed by atoms with van der Waals surface area (Å²) in [5, 5.41) is 8.53. The second-order valence-corrected chi connectivity index (χ2v) is 2.93. The Balaban J connectivity index is 2.46. The van der Waals surface area contributed by atoms with E-state index in [0.717, 1.165) is 5.56 Å². The number of carboxylic acid groups (broad SMARTS) is 1. The van der Waals surface area contributed by atoms with Crippen molar-refractivity contribution in [2.45, 2.75) is 18.9 Å². The van der Waals surface area contributed by atoms with Gasteiger partial charge in [0.1, 0.15) is 6.04 Å². The molecule has 6 nitrogen and oxygen atoms in total. The lowest BCUT2D eigenvalue weighted by molar-refractivity contribution is -0.138. The highest BCUT2D eigenvalue weighted by molar-refractivity contribution is 5.73. The van der Waals surface area contributed by atoms with Crippen molar-refractivity contribution >= 4 is 11.9 Å². The highest BCUT2D eigenvalue weighted by atomic mass is 16.4. The molecule has 0 aliphatic carbocycles. The smallest absolute Gasteiger partial charge is 0.320 e. The first-order valence-electron chi connectivity index (χ1n) is 4.14. The van der Waals surface area contributed by atoms with Crippen LogP contribution in [0.15, 0.2) is 12.4 Å². The number of carbonyl (C=O) groups is 1. The van der Waals surface area contributed by atoms with Crippen molar-refractivity contribution in [2.75, 3.05) is 5.73 Å². The summed E-state index contributed by atoms with van der Waals surface area (Å²) in [7, 11) is 0. The Bertz CT molecular complexity index is 312. The molecule has 1 aromatic heterocycles. The third kappa shape index (κ3) is 2.98. The molecular weight excluding hydrogens is 184 g/mol. The maximum Gasteiger partial charge on any atom is 0.320 e. The third-order valence-electron chi connectivity index (χ3n) is 1.79. The molecular formula is C8H12N4O2. The van der Waals surface area contributed by atoms with Gasteiger partial charge in [-0.05, 0) is 18.4 Å². The number of aliphatic carboxylic acids is 1. The van der Waals surface area contributed by atoms with Gasteiger partial charge in [-0.2, -0.15) is 0 Å². The molecule has 0 aliphatic heterocycles. The lowest BCUT2D eigenvalue weighted by Crippen LogP contribution is -2.30. The number of anilines is 1. The normalized spacial score (nSPS) is 12.4. The van der Waals surface area contributed by atoms with E-state index >= 15 is 0 Å². The number of aromatic nitrogens is 2. The van der Waals surface area contributed by atoms with E-state index in [1.807, 2.05) is 0 Å². The molecule has 0 saturated heterocycles. The molecule has 0 unspecified atom stereocenters. The van der Waals surface area contributed by atoms with Crippen LogP contribution in [-0.2, 0) is 11.2 Å². The van der Waals surface area contributed by atoms with E-state index in [4.69, 9.17) is 16.6 Å². The second kappa shape index (κ2) is 4.52. The van der Waals surface area contributed by atoms with Gasteiger partial charge in [-0.15, -0.1) is 0 Å². The number of carboxylic acids is 1. The largest absolute Gasteiger partial charge is 0.480 e. The van der Waals surface area contributed by atoms with Gasteiger partial charge in [0.15, 0.2) is 0 Å². The molecule has 0 amide bonds. The summed E-state index contributed by atoms with van der Waals surface area (Å²) in [5.41, 5.74) is 11.4. The van der Waals surface area contributed by atoms with E-state index in [1.54, 1.807) is 12.4 Å². The van der Waals surface area contributed by atoms with Gasteiger partial charge >= 0.3 is 5.97 Å². The van der Waals surface area contributed by atoms with Crippen LogP contribution in [0.25, 0.3) is 0 Å². The second-order valence-electron chi connectivity index (χ2n) is 2.93. The van der Waals surface area contributed by atoms with Crippen LogP contribution in [0.5, 0.6) is 0 Å². The Hall–Kier alpha value is -1.69. The van der Waals surface area contributed by atoms with Crippen LogP contribution in [0.1, 0.15) is 12.0 Å². The summed E-state index contributed by atoms with van der Waals surface area (Å²) in [6.07, 6.45) is 4.03. The van der Waals surface area contributed by atoms with Gasteiger partial charge in [0.05, 0.1) is 0 Å². The van der Waals surface area contributed by atoms with Gasteiger partial charge < -0.3 is 16.6 Å². The maximum absolute atomic E-state index is 10.4. The van der Waals surface area contributed by atoms with Gasteiger partial charge in [0, 0.05) is 12.4 Å². The van der Waals surface area contributed by atoms with Gasteiger partial charge in [-0.3, -0.25) is 4.79 Å². The minimum absolute atomic E-state index is 0.205. The highest BCUT2D eigenvalue weighted by Crippen LogP contribution is 2.02. The number of aryl methyl sites for hydroxylation is 1. The van der Waals surface area contributed by atoms with Gasteiger partial charge in [-0.25, -0.2) is 9.97 Å². The van der Waals surface area contributed by atoms with Crippen LogP contribution >= 0.6 is 0 Å². The van der Waals surface area contributed by atoms with Crippen molar-refractivity contribution in [1.82, 2.24) is 9.97 Å². The molecule has 6 heteroatoms. The van der Waals surface area contributed by atoms with Crippen molar-refractivity contribution in [3.8, 4) is 0 Å². The molecule has 0 fully saturated rings. The fraction of sp³-hybridized carbons (Fsp3) is 0.375. The minimum Gasteiger partial charge on any atom is -0.480 e. The standard InChI is InChI=1S/C8H12N4O2/c9-6(7(13)14)2-1-5-3-11-8(10)12-4-5/h3-4,6H,1-2,9H2,(H,13,14)(H2,10,11,12)/t6-/m1/s1. The molecule has 0 aromatic carbocycles. The Kier molecular flexibility index (Phi) is 3.35. The fourth-order valence-corrected chi connectivity index (χ4v) is 0.940. The summed E-state index contributed by atoms with van der Waals surface area (Å²) in [6, 6.07) is -0.840. The van der Waals surface area contributed by atoms with E-state index in [-0.39, 0.29) is 5.95 Å². The number of nitrogens with two attached hydrogens (primary N) is 2. The molecule has 1 aromatic rings. The molecule has 0 spiro atoms. The molecule has 0 aliphatic rings. The van der Waals surface area contributed by atoms with Crippen LogP contribution in [0, 0.1) is 0 Å². The summed E-state index contributed by atoms with van der Waals surface area (Å²) < 4.78 is 0. The Labute approximate surface area is 81.0 Å². The van der Waals surface area contributed by atoms with Crippen molar-refractivity contribution in [3.63, 3.8) is 0 Å². The number of rotatable bonds is 4. The fourth-order valence-electron chi connectivity index (χ4n) is 0.940. The predicted octanol–water partition coefficient (Wildman–Crippen LogP) is -0.597. The zero-order chi connectivity index (χ0) is 10.6. The number of hydrogen-bond donors (Lipinski definition) is 3. The average molecular weight is 196 g/mol. The van der Waals surface area contributed by atoms with Crippen molar-refractivity contribution in [3.05, 3.63) is 18.0 Å². The lowest BCUT2D eigenvalue weighted by Gasteiger charge is -2.05. The Morgan fingerprint density at radius 2 is 2.07 bits per heavy atom. The molecule has 76 valence electrons. The van der Waals surface area contributed by atoms with Gasteiger partial charge in [0.25, 0.3) is 0 Å². The highest BCUT2D eigenvalue weighted by Gasteiger charge is 2.10. The topological polar surface area (TPSA) is 115 Å². The van der Waals surface area contributed by atoms with Gasteiger partial charge in [0.2, 0.25) is 5.95 Å². The monoisotopic (exact) mass is 196 g/mol. The molecule has 1 heterocycles. The van der Waals surface area contributed by atoms with Crippen molar-refractivity contribution in [1.29, 1.82) is 0 Å². The SMILES string of the molecule is Nc1ncc(CC[C@@H](N)C(=O)O)cn1. The van der Waals surface area contributed by atoms with E-state index in [1.165, 1.54) is 0 Å². The van der Waals surface area contributed by atoms with Crippen LogP contribution in [0.4, 0.5) is 5.95 Å². The van der Waals surface area contributed by atoms with Crippen LogP contribution in [0.2, 0.25) is 0 Å². The number of nitrogen functional groups attached to an aromatic ring is 1. The summed E-state index contributed by atoms with van der Waals surface area (Å²) in [5.74, 6) is -0.794. The Morgan fingerprint density at radius 3 is 2.57 bits per heavy atom. The van der Waals surface area contributed by atoms with Crippen molar-refractivity contribution in [2.24, 2.45) is 5.73 Å². The molecule has 0 bridgehead atoms. The molecule has 0 saturated carbocycles. The summed E-state index contributed by atoms with van der Waals surface area (Å²) >= 11 is 0. The predicted molar refractivity (Wildman–Crippen MR) is 50.4 cm³/mol. The summed E-state index contributed by atoms with van der Waals surface area (Å²) in [6.45, 7) is 0. The first-order chi connectivity index (χ1) is 6.59. The van der Waals surface area contributed by atoms with Crippen LogP contribution in [0.3, 0.4) is 0 Å². The molecule has 5 N–H and O–H groups in total. The van der Waals surface area contributed by atoms with E-state index < -0.39 is 12.0 Å². The van der Waals surface area contributed by atoms with Crippen LogP contribution < -0.4 is 11.5 Å². The quantitative estimate of drug-likeness (QED) is 0.592. The lowest BCUT2D eigenvalue weighted by atomic mass is 10.1. The average Bonchev–Trinajstić information content (AvgIpc) is 2.16. The first-order valence-corrected chi connectivity index (χ1v) is 4.14. The van der Waals surface area contributed by atoms with E-state index in [0.29, 0.717) is 12.8 Å². The number of nitrogens with zero attached hydrogens (tertiary/aromatic N) is 2. The van der Waals surface area contributed by atoms with Crippen LogP contribution in [-0.4, -0.2) is 27.1 Å². The van der Waals surface area contributed by atoms with E-state index in [9.17, 15) is 4.79 Å². The zero-order valence-electron chi connectivity index (χ0n) is 7.55.